The van der Waals surface area contributed by atoms with E-state index in [-0.39, 0.29) is 0 Å². The molecule has 2 heterocycles. The van der Waals surface area contributed by atoms with E-state index in [0.717, 1.165) is 11.4 Å². The van der Waals surface area contributed by atoms with Crippen LogP contribution in [0.25, 0.3) is 0 Å². The Morgan fingerprint density at radius 2 is 1.35 bits per heavy atom. The molecule has 0 amide bonds. The molecule has 1 unspecified atom stereocenters. The highest BCUT2D eigenvalue weighted by atomic mass is 16.4. The lowest BCUT2D eigenvalue weighted by Gasteiger charge is -1.89. The van der Waals surface area contributed by atoms with Gasteiger partial charge < -0.3 is 10.2 Å². The van der Waals surface area contributed by atoms with Crippen LogP contribution in [0.1, 0.15) is 29.4 Å². The zero-order valence-electron chi connectivity index (χ0n) is 12.4. The van der Waals surface area contributed by atoms with E-state index in [1.165, 1.54) is 18.1 Å². The lowest BCUT2D eigenvalue weighted by Crippen LogP contribution is -2.13. The number of carboxylic acids is 1. The Morgan fingerprint density at radius 3 is 1.40 bits per heavy atom. The predicted molar refractivity (Wildman–Crippen MR) is 75.4 cm³/mol. The van der Waals surface area contributed by atoms with Crippen molar-refractivity contribution in [2.45, 2.75) is 40.7 Å². The van der Waals surface area contributed by atoms with Gasteiger partial charge in [0.15, 0.2) is 0 Å². The molecule has 0 saturated heterocycles. The molecule has 2 rings (SSSR count). The van der Waals surface area contributed by atoms with Crippen LogP contribution in [-0.4, -0.2) is 42.7 Å². The van der Waals surface area contributed by atoms with Gasteiger partial charge in [-0.2, -0.15) is 10.2 Å². The minimum Gasteiger partial charge on any atom is -0.479 e. The van der Waals surface area contributed by atoms with Gasteiger partial charge in [0.05, 0.1) is 12.4 Å². The number of aromatic nitrogens is 4. The molecular weight excluding hydrogens is 260 g/mol. The number of aliphatic hydroxyl groups is 1. The Morgan fingerprint density at radius 1 is 1.05 bits per heavy atom. The van der Waals surface area contributed by atoms with Crippen LogP contribution in [-0.2, 0) is 4.79 Å². The first-order valence-corrected chi connectivity index (χ1v) is 6.09. The highest BCUT2D eigenvalue weighted by molar-refractivity contribution is 5.71. The summed E-state index contributed by atoms with van der Waals surface area (Å²) in [6.45, 7) is 9.25. The minimum atomic E-state index is -1.23. The maximum atomic E-state index is 9.45. The summed E-state index contributed by atoms with van der Waals surface area (Å²) >= 11 is 0. The average Bonchev–Trinajstić information content (AvgIpc) is 2.91. The van der Waals surface area contributed by atoms with Crippen molar-refractivity contribution < 1.29 is 15.0 Å². The van der Waals surface area contributed by atoms with E-state index in [1.54, 1.807) is 0 Å². The summed E-state index contributed by atoms with van der Waals surface area (Å²) in [7, 11) is 0. The van der Waals surface area contributed by atoms with Crippen molar-refractivity contribution in [3.63, 3.8) is 0 Å². The van der Waals surface area contributed by atoms with Crippen LogP contribution in [0.2, 0.25) is 0 Å². The predicted octanol–water partition coefficient (Wildman–Crippen LogP) is 1.50. The van der Waals surface area contributed by atoms with E-state index >= 15 is 0 Å². The fraction of sp³-hybridized carbons (Fsp3) is 0.462. The third-order valence-corrected chi connectivity index (χ3v) is 2.52. The quantitative estimate of drug-likeness (QED) is 0.633. The van der Waals surface area contributed by atoms with Crippen LogP contribution in [0.4, 0.5) is 0 Å². The number of aromatic amines is 2. The van der Waals surface area contributed by atoms with Crippen LogP contribution in [0.15, 0.2) is 12.4 Å². The van der Waals surface area contributed by atoms with Crippen molar-refractivity contribution >= 4 is 5.97 Å². The molecule has 1 atom stereocenters. The first-order chi connectivity index (χ1) is 9.25. The number of carbonyl (C=O) groups is 1. The van der Waals surface area contributed by atoms with Gasteiger partial charge in [-0.3, -0.25) is 10.2 Å². The number of aliphatic hydroxyl groups excluding tert-OH is 1. The fourth-order valence-corrected chi connectivity index (χ4v) is 0.822. The summed E-state index contributed by atoms with van der Waals surface area (Å²) in [6, 6.07) is 0. The molecular formula is C13H22N4O3. The van der Waals surface area contributed by atoms with Crippen LogP contribution in [0.3, 0.4) is 0 Å². The molecule has 7 heteroatoms. The standard InChI is InChI=1S/2C5H8N2.C3H6O3/c2*1-4-3-6-7-5(4)2;1-2(4)3(5)6/h2*3H,1-2H3,(H,6,7);2,4H,1H3,(H,5,6). The molecule has 2 aromatic heterocycles. The highest BCUT2D eigenvalue weighted by Gasteiger charge is 2.01. The molecule has 0 saturated carbocycles. The Bertz CT molecular complexity index is 446. The number of hydrogen-bond donors (Lipinski definition) is 4. The largest absolute Gasteiger partial charge is 0.479 e. The van der Waals surface area contributed by atoms with Gasteiger partial charge in [0.1, 0.15) is 6.10 Å². The number of aliphatic carboxylic acids is 1. The monoisotopic (exact) mass is 282 g/mol. The van der Waals surface area contributed by atoms with E-state index in [2.05, 4.69) is 20.4 Å². The lowest BCUT2D eigenvalue weighted by atomic mass is 10.3. The second-order valence-electron chi connectivity index (χ2n) is 4.37. The van der Waals surface area contributed by atoms with Crippen molar-refractivity contribution in [3.05, 3.63) is 34.9 Å². The fourth-order valence-electron chi connectivity index (χ4n) is 0.822. The second-order valence-corrected chi connectivity index (χ2v) is 4.37. The molecule has 0 fully saturated rings. The summed E-state index contributed by atoms with van der Waals surface area (Å²) in [6.07, 6.45) is 2.40. The summed E-state index contributed by atoms with van der Waals surface area (Å²) in [5.74, 6) is -1.19. The Balaban J connectivity index is 0.000000272. The maximum Gasteiger partial charge on any atom is 0.332 e. The van der Waals surface area contributed by atoms with Crippen LogP contribution in [0, 0.1) is 27.7 Å². The molecule has 2 aromatic rings. The third kappa shape index (κ3) is 7.32. The Hall–Kier alpha value is -2.15. The first-order valence-electron chi connectivity index (χ1n) is 6.09. The number of H-pyrrole nitrogens is 2. The lowest BCUT2D eigenvalue weighted by molar-refractivity contribution is -0.145. The van der Waals surface area contributed by atoms with Gasteiger partial charge in [-0.15, -0.1) is 0 Å². The van der Waals surface area contributed by atoms with E-state index < -0.39 is 12.1 Å². The van der Waals surface area contributed by atoms with Gasteiger partial charge in [-0.1, -0.05) is 0 Å². The molecule has 0 aromatic carbocycles. The Kier molecular flexibility index (Phi) is 7.91. The van der Waals surface area contributed by atoms with E-state index in [0.29, 0.717) is 0 Å². The molecule has 0 aliphatic heterocycles. The minimum absolute atomic E-state index is 1.15. The van der Waals surface area contributed by atoms with Crippen molar-refractivity contribution in [1.82, 2.24) is 20.4 Å². The summed E-state index contributed by atoms with van der Waals surface area (Å²) in [5, 5.41) is 29.0. The Labute approximate surface area is 118 Å². The third-order valence-electron chi connectivity index (χ3n) is 2.52. The number of hydrogen-bond acceptors (Lipinski definition) is 4. The van der Waals surface area contributed by atoms with Crippen molar-refractivity contribution in [3.8, 4) is 0 Å². The topological polar surface area (TPSA) is 115 Å². The number of aryl methyl sites for hydroxylation is 4. The summed E-state index contributed by atoms with van der Waals surface area (Å²) in [5.41, 5.74) is 4.75. The van der Waals surface area contributed by atoms with Crippen LogP contribution in [0.5, 0.6) is 0 Å². The summed E-state index contributed by atoms with van der Waals surface area (Å²) < 4.78 is 0. The zero-order valence-corrected chi connectivity index (χ0v) is 12.4. The molecule has 0 radical (unpaired) electrons. The molecule has 112 valence electrons. The zero-order chi connectivity index (χ0) is 15.7. The number of rotatable bonds is 1. The average molecular weight is 282 g/mol. The van der Waals surface area contributed by atoms with Gasteiger partial charge in [0, 0.05) is 11.4 Å². The number of nitrogens with zero attached hydrogens (tertiary/aromatic N) is 2. The molecule has 0 aliphatic carbocycles. The molecule has 4 N–H and O–H groups in total. The van der Waals surface area contributed by atoms with Crippen molar-refractivity contribution in [2.75, 3.05) is 0 Å². The second kappa shape index (κ2) is 8.87. The molecule has 20 heavy (non-hydrogen) atoms. The number of carboxylic acid groups (broad SMARTS) is 1. The maximum absolute atomic E-state index is 9.45. The SMILES string of the molecule is CC(O)C(=O)O.Cc1cn[nH]c1C.Cc1cn[nH]c1C. The van der Waals surface area contributed by atoms with Crippen molar-refractivity contribution in [2.24, 2.45) is 0 Å². The van der Waals surface area contributed by atoms with Crippen molar-refractivity contribution in [1.29, 1.82) is 0 Å². The van der Waals surface area contributed by atoms with E-state index in [4.69, 9.17) is 10.2 Å². The van der Waals surface area contributed by atoms with Gasteiger partial charge in [-0.05, 0) is 45.7 Å². The van der Waals surface area contributed by atoms with Crippen LogP contribution >= 0.6 is 0 Å². The van der Waals surface area contributed by atoms with E-state index in [9.17, 15) is 4.79 Å². The highest BCUT2D eigenvalue weighted by Crippen LogP contribution is 1.97. The molecule has 0 aliphatic rings. The smallest absolute Gasteiger partial charge is 0.332 e. The van der Waals surface area contributed by atoms with Gasteiger partial charge >= 0.3 is 5.97 Å². The van der Waals surface area contributed by atoms with Gasteiger partial charge in [-0.25, -0.2) is 4.79 Å². The number of nitrogens with one attached hydrogen (secondary N) is 2. The summed E-state index contributed by atoms with van der Waals surface area (Å²) in [4.78, 5) is 9.45. The molecule has 7 nitrogen and oxygen atoms in total. The van der Waals surface area contributed by atoms with Gasteiger partial charge in [0.2, 0.25) is 0 Å². The molecule has 0 bridgehead atoms. The molecule has 0 spiro atoms. The first kappa shape index (κ1) is 17.8. The van der Waals surface area contributed by atoms with Gasteiger partial charge in [0.25, 0.3) is 0 Å². The van der Waals surface area contributed by atoms with E-state index in [1.807, 2.05) is 40.1 Å². The normalized spacial score (nSPS) is 10.7. The van der Waals surface area contributed by atoms with Crippen LogP contribution < -0.4 is 0 Å².